The highest BCUT2D eigenvalue weighted by Crippen LogP contribution is 2.33. The SMILES string of the molecule is COc1cc(NC(=O)/C=C/c2cc(Cl)cc(Cl)c2OC)ccc1NC(=O)c1ccccc1Cl. The second kappa shape index (κ2) is 11.1. The first-order valence-electron chi connectivity index (χ1n) is 9.58. The summed E-state index contributed by atoms with van der Waals surface area (Å²) in [5.41, 5.74) is 1.78. The predicted octanol–water partition coefficient (Wildman–Crippen LogP) is 6.57. The largest absolute Gasteiger partial charge is 0.495 e. The lowest BCUT2D eigenvalue weighted by atomic mass is 10.1. The highest BCUT2D eigenvalue weighted by Gasteiger charge is 2.14. The van der Waals surface area contributed by atoms with Gasteiger partial charge in [0.1, 0.15) is 11.5 Å². The van der Waals surface area contributed by atoms with Crippen molar-refractivity contribution in [3.63, 3.8) is 0 Å². The first kappa shape index (κ1) is 24.5. The molecule has 0 fully saturated rings. The number of benzene rings is 3. The maximum absolute atomic E-state index is 12.5. The Morgan fingerprint density at radius 3 is 2.33 bits per heavy atom. The Balaban J connectivity index is 1.73. The number of amides is 2. The number of ether oxygens (including phenoxy) is 2. The van der Waals surface area contributed by atoms with Crippen LogP contribution in [0.5, 0.6) is 11.5 Å². The first-order valence-corrected chi connectivity index (χ1v) is 10.7. The van der Waals surface area contributed by atoms with E-state index in [2.05, 4.69) is 10.6 Å². The van der Waals surface area contributed by atoms with E-state index in [0.717, 1.165) is 0 Å². The van der Waals surface area contributed by atoms with Crippen molar-refractivity contribution < 1.29 is 19.1 Å². The molecule has 0 atom stereocenters. The van der Waals surface area contributed by atoms with Crippen molar-refractivity contribution in [2.45, 2.75) is 0 Å². The molecule has 6 nitrogen and oxygen atoms in total. The second-order valence-corrected chi connectivity index (χ2v) is 7.93. The lowest BCUT2D eigenvalue weighted by molar-refractivity contribution is -0.111. The Labute approximate surface area is 206 Å². The maximum atomic E-state index is 12.5. The van der Waals surface area contributed by atoms with Crippen LogP contribution in [-0.4, -0.2) is 26.0 Å². The van der Waals surface area contributed by atoms with E-state index in [1.807, 2.05) is 0 Å². The van der Waals surface area contributed by atoms with Crippen LogP contribution < -0.4 is 20.1 Å². The molecule has 0 saturated carbocycles. The molecule has 3 aromatic rings. The number of rotatable bonds is 7. The predicted molar refractivity (Wildman–Crippen MR) is 133 cm³/mol. The summed E-state index contributed by atoms with van der Waals surface area (Å²) in [6.45, 7) is 0. The van der Waals surface area contributed by atoms with E-state index in [0.29, 0.717) is 49.1 Å². The molecule has 0 heterocycles. The zero-order valence-corrected chi connectivity index (χ0v) is 19.9. The average Bonchev–Trinajstić information content (AvgIpc) is 2.78. The van der Waals surface area contributed by atoms with Crippen LogP contribution in [0.2, 0.25) is 15.1 Å². The van der Waals surface area contributed by atoms with E-state index >= 15 is 0 Å². The molecule has 3 aromatic carbocycles. The van der Waals surface area contributed by atoms with Gasteiger partial charge in [0.2, 0.25) is 5.91 Å². The van der Waals surface area contributed by atoms with Crippen molar-refractivity contribution in [3.05, 3.63) is 86.9 Å². The van der Waals surface area contributed by atoms with E-state index in [1.54, 1.807) is 60.7 Å². The molecular formula is C24H19Cl3N2O4. The van der Waals surface area contributed by atoms with E-state index in [9.17, 15) is 9.59 Å². The van der Waals surface area contributed by atoms with Crippen LogP contribution in [0.1, 0.15) is 15.9 Å². The van der Waals surface area contributed by atoms with E-state index in [1.165, 1.54) is 20.3 Å². The normalized spacial score (nSPS) is 10.7. The minimum absolute atomic E-state index is 0.334. The number of hydrogen-bond donors (Lipinski definition) is 2. The molecule has 0 radical (unpaired) electrons. The lowest BCUT2D eigenvalue weighted by Crippen LogP contribution is -2.13. The summed E-state index contributed by atoms with van der Waals surface area (Å²) in [4.78, 5) is 24.9. The molecule has 0 aromatic heterocycles. The molecule has 0 saturated heterocycles. The number of anilines is 2. The third-order valence-corrected chi connectivity index (χ3v) is 5.32. The number of nitrogens with one attached hydrogen (secondary N) is 2. The van der Waals surface area contributed by atoms with Gasteiger partial charge in [0.15, 0.2) is 0 Å². The minimum atomic E-state index is -0.400. The number of halogens is 3. The Bertz CT molecular complexity index is 1230. The molecular weight excluding hydrogens is 487 g/mol. The number of carbonyl (C=O) groups excluding carboxylic acids is 2. The van der Waals surface area contributed by atoms with Gasteiger partial charge in [-0.1, -0.05) is 46.9 Å². The van der Waals surface area contributed by atoms with Gasteiger partial charge in [0, 0.05) is 28.4 Å². The van der Waals surface area contributed by atoms with Crippen molar-refractivity contribution in [1.82, 2.24) is 0 Å². The molecule has 0 spiro atoms. The topological polar surface area (TPSA) is 76.7 Å². The van der Waals surface area contributed by atoms with Gasteiger partial charge in [-0.25, -0.2) is 0 Å². The van der Waals surface area contributed by atoms with Crippen LogP contribution in [0.15, 0.2) is 60.7 Å². The molecule has 33 heavy (non-hydrogen) atoms. The van der Waals surface area contributed by atoms with Crippen molar-refractivity contribution in [1.29, 1.82) is 0 Å². The van der Waals surface area contributed by atoms with Gasteiger partial charge in [-0.05, 0) is 42.5 Å². The fourth-order valence-corrected chi connectivity index (χ4v) is 3.78. The van der Waals surface area contributed by atoms with Crippen LogP contribution in [0.25, 0.3) is 6.08 Å². The molecule has 0 aliphatic heterocycles. The van der Waals surface area contributed by atoms with Gasteiger partial charge < -0.3 is 20.1 Å². The summed E-state index contributed by atoms with van der Waals surface area (Å²) in [6.07, 6.45) is 2.87. The molecule has 0 aliphatic carbocycles. The summed E-state index contributed by atoms with van der Waals surface area (Å²) in [5.74, 6) is -0.0123. The Morgan fingerprint density at radius 1 is 0.879 bits per heavy atom. The van der Waals surface area contributed by atoms with Gasteiger partial charge in [-0.3, -0.25) is 9.59 Å². The summed E-state index contributed by atoms with van der Waals surface area (Å²) < 4.78 is 10.6. The van der Waals surface area contributed by atoms with E-state index in [-0.39, 0.29) is 5.91 Å². The fourth-order valence-electron chi connectivity index (χ4n) is 2.98. The average molecular weight is 506 g/mol. The van der Waals surface area contributed by atoms with Gasteiger partial charge in [-0.2, -0.15) is 0 Å². The van der Waals surface area contributed by atoms with Crippen molar-refractivity contribution in [3.8, 4) is 11.5 Å². The first-order chi connectivity index (χ1) is 15.8. The van der Waals surface area contributed by atoms with Crippen LogP contribution >= 0.6 is 34.8 Å². The summed E-state index contributed by atoms with van der Waals surface area (Å²) in [7, 11) is 2.94. The standard InChI is InChI=1S/C24H19Cl3N2O4/c1-32-21-13-16(8-9-20(21)29-24(31)17-5-3-4-6-18(17)26)28-22(30)10-7-14-11-15(25)12-19(27)23(14)33-2/h3-13H,1-2H3,(H,28,30)(H,29,31)/b10-7+. The maximum Gasteiger partial charge on any atom is 0.257 e. The third-order valence-electron chi connectivity index (χ3n) is 4.49. The smallest absolute Gasteiger partial charge is 0.257 e. The highest BCUT2D eigenvalue weighted by atomic mass is 35.5. The molecule has 0 unspecified atom stereocenters. The Hall–Kier alpha value is -3.19. The second-order valence-electron chi connectivity index (χ2n) is 6.68. The molecule has 2 amide bonds. The van der Waals surface area contributed by atoms with Gasteiger partial charge in [-0.15, -0.1) is 0 Å². The third kappa shape index (κ3) is 6.20. The molecule has 0 aliphatic rings. The minimum Gasteiger partial charge on any atom is -0.495 e. The molecule has 170 valence electrons. The molecule has 3 rings (SSSR count). The fraction of sp³-hybridized carbons (Fsp3) is 0.0833. The Morgan fingerprint density at radius 2 is 1.64 bits per heavy atom. The number of methoxy groups -OCH3 is 2. The van der Waals surface area contributed by atoms with E-state index in [4.69, 9.17) is 44.3 Å². The molecule has 0 bridgehead atoms. The van der Waals surface area contributed by atoms with E-state index < -0.39 is 5.91 Å². The van der Waals surface area contributed by atoms with Crippen molar-refractivity contribution in [2.24, 2.45) is 0 Å². The monoisotopic (exact) mass is 504 g/mol. The van der Waals surface area contributed by atoms with Gasteiger partial charge in [0.25, 0.3) is 5.91 Å². The van der Waals surface area contributed by atoms with Crippen molar-refractivity contribution in [2.75, 3.05) is 24.9 Å². The number of carbonyl (C=O) groups is 2. The van der Waals surface area contributed by atoms with Crippen LogP contribution in [0, 0.1) is 0 Å². The zero-order chi connectivity index (χ0) is 24.0. The van der Waals surface area contributed by atoms with Gasteiger partial charge in [0.05, 0.1) is 35.5 Å². The zero-order valence-electron chi connectivity index (χ0n) is 17.6. The number of hydrogen-bond acceptors (Lipinski definition) is 4. The quantitative estimate of drug-likeness (QED) is 0.356. The summed E-state index contributed by atoms with van der Waals surface area (Å²) in [5, 5.41) is 6.57. The van der Waals surface area contributed by atoms with Gasteiger partial charge >= 0.3 is 0 Å². The Kier molecular flexibility index (Phi) is 8.22. The lowest BCUT2D eigenvalue weighted by Gasteiger charge is -2.13. The summed E-state index contributed by atoms with van der Waals surface area (Å²) in [6, 6.07) is 14.7. The highest BCUT2D eigenvalue weighted by molar-refractivity contribution is 6.36. The van der Waals surface area contributed by atoms with Crippen molar-refractivity contribution >= 4 is 64.1 Å². The van der Waals surface area contributed by atoms with Crippen LogP contribution in [0.4, 0.5) is 11.4 Å². The molecule has 9 heteroatoms. The molecule has 2 N–H and O–H groups in total. The summed E-state index contributed by atoms with van der Waals surface area (Å²) >= 11 is 18.2. The van der Waals surface area contributed by atoms with Crippen LogP contribution in [-0.2, 0) is 4.79 Å². The van der Waals surface area contributed by atoms with Crippen LogP contribution in [0.3, 0.4) is 0 Å².